The molecular weight excluding hydrogens is 284 g/mol. The highest BCUT2D eigenvalue weighted by atomic mass is 32.1. The molecule has 4 nitrogen and oxygen atoms in total. The van der Waals surface area contributed by atoms with E-state index in [2.05, 4.69) is 12.2 Å². The fourth-order valence-corrected chi connectivity index (χ4v) is 3.17. The number of carbonyl (C=O) groups is 2. The van der Waals surface area contributed by atoms with Gasteiger partial charge in [-0.1, -0.05) is 37.3 Å². The second-order valence-corrected chi connectivity index (χ2v) is 5.93. The Bertz CT molecular complexity index is 650. The monoisotopic (exact) mass is 302 g/mol. The lowest BCUT2D eigenvalue weighted by Crippen LogP contribution is -2.37. The lowest BCUT2D eigenvalue weighted by atomic mass is 10.1. The van der Waals surface area contributed by atoms with Crippen molar-refractivity contribution in [3.8, 4) is 0 Å². The van der Waals surface area contributed by atoms with E-state index in [1.54, 1.807) is 12.1 Å². The smallest absolute Gasteiger partial charge is 0.262 e. The van der Waals surface area contributed by atoms with Gasteiger partial charge in [-0.3, -0.25) is 9.59 Å². The first-order chi connectivity index (χ1) is 10.0. The van der Waals surface area contributed by atoms with Crippen molar-refractivity contribution in [1.29, 1.82) is 0 Å². The molecule has 2 aromatic rings. The molecule has 3 N–H and O–H groups in total. The summed E-state index contributed by atoms with van der Waals surface area (Å²) in [5.74, 6) is -0.839. The molecule has 0 aliphatic carbocycles. The molecule has 110 valence electrons. The SMILES string of the molecule is CCc1sc(C(=O)NC(C(N)=O)c2ccccc2)cc1C. The number of nitrogens with one attached hydrogen (secondary N) is 1. The van der Waals surface area contributed by atoms with Crippen LogP contribution in [0.4, 0.5) is 0 Å². The quantitative estimate of drug-likeness (QED) is 0.891. The first-order valence-electron chi connectivity index (χ1n) is 6.77. The zero-order valence-electron chi connectivity index (χ0n) is 12.1. The van der Waals surface area contributed by atoms with E-state index in [4.69, 9.17) is 5.73 Å². The molecule has 1 aromatic carbocycles. The van der Waals surface area contributed by atoms with Gasteiger partial charge in [0.1, 0.15) is 6.04 Å². The minimum atomic E-state index is -0.814. The van der Waals surface area contributed by atoms with Gasteiger partial charge in [0.05, 0.1) is 4.88 Å². The number of hydrogen-bond acceptors (Lipinski definition) is 3. The molecule has 5 heteroatoms. The van der Waals surface area contributed by atoms with Gasteiger partial charge in [-0.05, 0) is 30.5 Å². The Balaban J connectivity index is 2.21. The van der Waals surface area contributed by atoms with Crippen LogP contribution < -0.4 is 11.1 Å². The lowest BCUT2D eigenvalue weighted by molar-refractivity contribution is -0.120. The van der Waals surface area contributed by atoms with Gasteiger partial charge in [0, 0.05) is 4.88 Å². The summed E-state index contributed by atoms with van der Waals surface area (Å²) in [7, 11) is 0. The number of carbonyl (C=O) groups excluding carboxylic acids is 2. The molecule has 0 fully saturated rings. The molecule has 0 bridgehead atoms. The molecule has 0 spiro atoms. The van der Waals surface area contributed by atoms with E-state index in [1.165, 1.54) is 16.2 Å². The molecule has 0 aliphatic heterocycles. The van der Waals surface area contributed by atoms with Gasteiger partial charge in [-0.15, -0.1) is 11.3 Å². The summed E-state index contributed by atoms with van der Waals surface area (Å²) >= 11 is 1.45. The summed E-state index contributed by atoms with van der Waals surface area (Å²) in [5.41, 5.74) is 7.19. The van der Waals surface area contributed by atoms with Crippen molar-refractivity contribution >= 4 is 23.2 Å². The van der Waals surface area contributed by atoms with Crippen LogP contribution in [-0.4, -0.2) is 11.8 Å². The molecule has 1 aromatic heterocycles. The van der Waals surface area contributed by atoms with Gasteiger partial charge in [-0.2, -0.15) is 0 Å². The molecule has 0 saturated carbocycles. The van der Waals surface area contributed by atoms with Gasteiger partial charge in [0.25, 0.3) is 5.91 Å². The van der Waals surface area contributed by atoms with Crippen molar-refractivity contribution in [3.05, 3.63) is 57.3 Å². The molecule has 1 unspecified atom stereocenters. The Morgan fingerprint density at radius 2 is 1.95 bits per heavy atom. The Morgan fingerprint density at radius 1 is 1.29 bits per heavy atom. The normalized spacial score (nSPS) is 11.9. The van der Waals surface area contributed by atoms with E-state index in [0.717, 1.165) is 12.0 Å². The second-order valence-electron chi connectivity index (χ2n) is 4.79. The zero-order valence-corrected chi connectivity index (χ0v) is 12.9. The fourth-order valence-electron chi connectivity index (χ4n) is 2.15. The third-order valence-corrected chi connectivity index (χ3v) is 4.64. The van der Waals surface area contributed by atoms with E-state index in [9.17, 15) is 9.59 Å². The molecule has 21 heavy (non-hydrogen) atoms. The zero-order chi connectivity index (χ0) is 15.4. The molecule has 0 radical (unpaired) electrons. The topological polar surface area (TPSA) is 72.2 Å². The molecule has 2 rings (SSSR count). The number of rotatable bonds is 5. The average molecular weight is 302 g/mol. The van der Waals surface area contributed by atoms with Crippen LogP contribution in [-0.2, 0) is 11.2 Å². The fraction of sp³-hybridized carbons (Fsp3) is 0.250. The van der Waals surface area contributed by atoms with Gasteiger partial charge in [0.2, 0.25) is 5.91 Å². The lowest BCUT2D eigenvalue weighted by Gasteiger charge is -2.15. The van der Waals surface area contributed by atoms with Gasteiger partial charge >= 0.3 is 0 Å². The second kappa shape index (κ2) is 6.54. The third kappa shape index (κ3) is 3.49. The van der Waals surface area contributed by atoms with Gasteiger partial charge < -0.3 is 11.1 Å². The number of aryl methyl sites for hydroxylation is 2. The molecule has 1 heterocycles. The van der Waals surface area contributed by atoms with Crippen LogP contribution in [0.3, 0.4) is 0 Å². The Kier molecular flexibility index (Phi) is 4.75. The van der Waals surface area contributed by atoms with Gasteiger partial charge in [-0.25, -0.2) is 0 Å². The maximum atomic E-state index is 12.3. The number of amides is 2. The van der Waals surface area contributed by atoms with Crippen molar-refractivity contribution in [1.82, 2.24) is 5.32 Å². The van der Waals surface area contributed by atoms with Crippen LogP contribution in [0.2, 0.25) is 0 Å². The Morgan fingerprint density at radius 3 is 2.48 bits per heavy atom. The van der Waals surface area contributed by atoms with Crippen molar-refractivity contribution < 1.29 is 9.59 Å². The van der Waals surface area contributed by atoms with Crippen molar-refractivity contribution in [2.45, 2.75) is 26.3 Å². The van der Waals surface area contributed by atoms with E-state index in [1.807, 2.05) is 31.2 Å². The Labute approximate surface area is 128 Å². The highest BCUT2D eigenvalue weighted by molar-refractivity contribution is 7.14. The maximum Gasteiger partial charge on any atom is 0.262 e. The summed E-state index contributed by atoms with van der Waals surface area (Å²) in [5, 5.41) is 2.71. The average Bonchev–Trinajstić information content (AvgIpc) is 2.86. The number of thiophene rings is 1. The van der Waals surface area contributed by atoms with Crippen LogP contribution in [0, 0.1) is 6.92 Å². The summed E-state index contributed by atoms with van der Waals surface area (Å²) in [6.07, 6.45) is 0.891. The first kappa shape index (κ1) is 15.3. The summed E-state index contributed by atoms with van der Waals surface area (Å²) in [4.78, 5) is 25.7. The molecule has 0 aliphatic rings. The first-order valence-corrected chi connectivity index (χ1v) is 7.59. The van der Waals surface area contributed by atoms with Crippen LogP contribution in [0.5, 0.6) is 0 Å². The van der Waals surface area contributed by atoms with Crippen LogP contribution >= 0.6 is 11.3 Å². The standard InChI is InChI=1S/C16H18N2O2S/c1-3-12-10(2)9-13(21-12)16(20)18-14(15(17)19)11-7-5-4-6-8-11/h4-9,14H,3H2,1-2H3,(H2,17,19)(H,18,20). The molecule has 2 amide bonds. The predicted octanol–water partition coefficient (Wildman–Crippen LogP) is 2.58. The predicted molar refractivity (Wildman–Crippen MR) is 84.3 cm³/mol. The number of hydrogen-bond donors (Lipinski definition) is 2. The van der Waals surface area contributed by atoms with Crippen LogP contribution in [0.1, 0.15) is 38.6 Å². The molecule has 0 saturated heterocycles. The van der Waals surface area contributed by atoms with E-state index in [0.29, 0.717) is 10.4 Å². The maximum absolute atomic E-state index is 12.3. The largest absolute Gasteiger partial charge is 0.368 e. The van der Waals surface area contributed by atoms with Crippen LogP contribution in [0.15, 0.2) is 36.4 Å². The minimum absolute atomic E-state index is 0.268. The molecule has 1 atom stereocenters. The minimum Gasteiger partial charge on any atom is -0.368 e. The van der Waals surface area contributed by atoms with Gasteiger partial charge in [0.15, 0.2) is 0 Å². The Hall–Kier alpha value is -2.14. The van der Waals surface area contributed by atoms with E-state index < -0.39 is 11.9 Å². The summed E-state index contributed by atoms with van der Waals surface area (Å²) in [6, 6.07) is 10.0. The number of nitrogens with two attached hydrogens (primary N) is 1. The summed E-state index contributed by atoms with van der Waals surface area (Å²) in [6.45, 7) is 4.03. The van der Waals surface area contributed by atoms with E-state index in [-0.39, 0.29) is 5.91 Å². The van der Waals surface area contributed by atoms with Crippen molar-refractivity contribution in [2.75, 3.05) is 0 Å². The van der Waals surface area contributed by atoms with Crippen LogP contribution in [0.25, 0.3) is 0 Å². The van der Waals surface area contributed by atoms with E-state index >= 15 is 0 Å². The van der Waals surface area contributed by atoms with Crippen molar-refractivity contribution in [3.63, 3.8) is 0 Å². The highest BCUT2D eigenvalue weighted by Gasteiger charge is 2.22. The summed E-state index contributed by atoms with van der Waals surface area (Å²) < 4.78 is 0. The number of benzene rings is 1. The number of primary amides is 1. The molecular formula is C16H18N2O2S. The third-order valence-electron chi connectivity index (χ3n) is 3.26. The van der Waals surface area contributed by atoms with Crippen molar-refractivity contribution in [2.24, 2.45) is 5.73 Å². The highest BCUT2D eigenvalue weighted by Crippen LogP contribution is 2.23.